The van der Waals surface area contributed by atoms with E-state index in [4.69, 9.17) is 4.74 Å². The molecule has 1 aromatic rings. The Hall–Kier alpha value is -1.07. The van der Waals surface area contributed by atoms with Gasteiger partial charge in [0, 0.05) is 45.9 Å². The summed E-state index contributed by atoms with van der Waals surface area (Å²) in [5, 5.41) is 8.02. The van der Waals surface area contributed by atoms with Crippen LogP contribution in [0.5, 0.6) is 0 Å². The van der Waals surface area contributed by atoms with E-state index in [1.807, 2.05) is 11.7 Å². The van der Waals surface area contributed by atoms with Gasteiger partial charge in [-0.3, -0.25) is 4.68 Å². The Balaban J connectivity index is 2.81. The van der Waals surface area contributed by atoms with Gasteiger partial charge in [0.25, 0.3) is 0 Å². The topological polar surface area (TPSA) is 42.3 Å². The van der Waals surface area contributed by atoms with Crippen molar-refractivity contribution in [3.63, 3.8) is 0 Å². The van der Waals surface area contributed by atoms with Gasteiger partial charge in [0.1, 0.15) is 5.82 Å². The molecule has 0 bridgehead atoms. The predicted molar refractivity (Wildman–Crippen MR) is 84.3 cm³/mol. The minimum absolute atomic E-state index is 0.738. The van der Waals surface area contributed by atoms with Crippen LogP contribution in [0, 0.1) is 6.92 Å². The zero-order chi connectivity index (χ0) is 15.0. The Morgan fingerprint density at radius 1 is 1.35 bits per heavy atom. The van der Waals surface area contributed by atoms with Gasteiger partial charge in [0.2, 0.25) is 0 Å². The van der Waals surface area contributed by atoms with E-state index in [-0.39, 0.29) is 0 Å². The molecule has 0 aliphatic heterocycles. The summed E-state index contributed by atoms with van der Waals surface area (Å²) in [6.45, 7) is 11.1. The average Bonchev–Trinajstić information content (AvgIpc) is 2.71. The van der Waals surface area contributed by atoms with E-state index in [0.29, 0.717) is 0 Å². The highest BCUT2D eigenvalue weighted by Crippen LogP contribution is 2.23. The number of nitrogens with one attached hydrogen (secondary N) is 1. The van der Waals surface area contributed by atoms with Gasteiger partial charge in [-0.15, -0.1) is 0 Å². The van der Waals surface area contributed by atoms with Gasteiger partial charge in [-0.2, -0.15) is 5.10 Å². The molecule has 0 fully saturated rings. The molecule has 0 aromatic carbocycles. The standard InChI is InChI=1S/C15H30N4O/c1-6-8-10-19(7-2)15-14(12-16-9-11-20-5)13(3)17-18(15)4/h16H,6-12H2,1-5H3. The van der Waals surface area contributed by atoms with Crippen LogP contribution >= 0.6 is 0 Å². The molecule has 0 amide bonds. The van der Waals surface area contributed by atoms with Crippen LogP contribution < -0.4 is 10.2 Å². The van der Waals surface area contributed by atoms with Crippen molar-refractivity contribution < 1.29 is 4.74 Å². The van der Waals surface area contributed by atoms with Gasteiger partial charge < -0.3 is 15.0 Å². The van der Waals surface area contributed by atoms with Crippen molar-refractivity contribution in [3.8, 4) is 0 Å². The molecule has 0 spiro atoms. The fraction of sp³-hybridized carbons (Fsp3) is 0.800. The van der Waals surface area contributed by atoms with E-state index in [1.54, 1.807) is 7.11 Å². The number of hydrogen-bond donors (Lipinski definition) is 1. The van der Waals surface area contributed by atoms with E-state index in [9.17, 15) is 0 Å². The average molecular weight is 282 g/mol. The van der Waals surface area contributed by atoms with Crippen molar-refractivity contribution in [1.82, 2.24) is 15.1 Å². The Morgan fingerprint density at radius 2 is 2.10 bits per heavy atom. The lowest BCUT2D eigenvalue weighted by atomic mass is 10.2. The van der Waals surface area contributed by atoms with Crippen LogP contribution in [0.3, 0.4) is 0 Å². The first-order chi connectivity index (χ1) is 9.65. The minimum atomic E-state index is 0.738. The highest BCUT2D eigenvalue weighted by molar-refractivity contribution is 5.50. The van der Waals surface area contributed by atoms with Crippen LogP contribution in [-0.2, 0) is 18.3 Å². The molecule has 1 rings (SSSR count). The summed E-state index contributed by atoms with van der Waals surface area (Å²) in [5.74, 6) is 1.25. The number of methoxy groups -OCH3 is 1. The third-order valence-corrected chi connectivity index (χ3v) is 3.56. The maximum Gasteiger partial charge on any atom is 0.131 e. The molecule has 0 unspecified atom stereocenters. The van der Waals surface area contributed by atoms with Gasteiger partial charge in [-0.1, -0.05) is 13.3 Å². The first-order valence-electron chi connectivity index (χ1n) is 7.62. The zero-order valence-corrected chi connectivity index (χ0v) is 13.7. The van der Waals surface area contributed by atoms with Crippen molar-refractivity contribution in [3.05, 3.63) is 11.3 Å². The maximum atomic E-state index is 5.07. The molecule has 0 atom stereocenters. The summed E-state index contributed by atoms with van der Waals surface area (Å²) in [5.41, 5.74) is 2.42. The molecule has 116 valence electrons. The smallest absolute Gasteiger partial charge is 0.131 e. The van der Waals surface area contributed by atoms with Crippen LogP contribution in [0.2, 0.25) is 0 Å². The van der Waals surface area contributed by atoms with E-state index in [0.717, 1.165) is 38.5 Å². The Bertz CT molecular complexity index is 389. The molecule has 5 nitrogen and oxygen atoms in total. The number of nitrogens with zero attached hydrogens (tertiary/aromatic N) is 3. The Labute approximate surface area is 123 Å². The second kappa shape index (κ2) is 8.97. The third kappa shape index (κ3) is 4.49. The number of rotatable bonds is 10. The molecule has 0 aliphatic carbocycles. The fourth-order valence-corrected chi connectivity index (χ4v) is 2.44. The van der Waals surface area contributed by atoms with Crippen LogP contribution in [0.15, 0.2) is 0 Å². The summed E-state index contributed by atoms with van der Waals surface area (Å²) >= 11 is 0. The van der Waals surface area contributed by atoms with Gasteiger partial charge in [-0.25, -0.2) is 0 Å². The summed E-state index contributed by atoms with van der Waals surface area (Å²) in [6.07, 6.45) is 2.43. The summed E-state index contributed by atoms with van der Waals surface area (Å²) in [6, 6.07) is 0. The molecule has 0 radical (unpaired) electrons. The van der Waals surface area contributed by atoms with E-state index in [2.05, 4.69) is 36.1 Å². The normalized spacial score (nSPS) is 11.1. The minimum Gasteiger partial charge on any atom is -0.383 e. The number of aryl methyl sites for hydroxylation is 2. The third-order valence-electron chi connectivity index (χ3n) is 3.56. The molecular formula is C15H30N4O. The zero-order valence-electron chi connectivity index (χ0n) is 13.7. The van der Waals surface area contributed by atoms with Crippen LogP contribution in [-0.4, -0.2) is 43.1 Å². The second-order valence-corrected chi connectivity index (χ2v) is 5.11. The van der Waals surface area contributed by atoms with Crippen molar-refractivity contribution in [1.29, 1.82) is 0 Å². The highest BCUT2D eigenvalue weighted by Gasteiger charge is 2.17. The number of hydrogen-bond acceptors (Lipinski definition) is 4. The molecule has 0 aliphatic rings. The molecule has 1 aromatic heterocycles. The molecule has 5 heteroatoms. The van der Waals surface area contributed by atoms with E-state index in [1.165, 1.54) is 24.2 Å². The lowest BCUT2D eigenvalue weighted by Gasteiger charge is -2.24. The number of ether oxygens (including phenoxy) is 1. The van der Waals surface area contributed by atoms with Gasteiger partial charge >= 0.3 is 0 Å². The monoisotopic (exact) mass is 282 g/mol. The van der Waals surface area contributed by atoms with Crippen LogP contribution in [0.1, 0.15) is 37.9 Å². The molecule has 20 heavy (non-hydrogen) atoms. The lowest BCUT2D eigenvalue weighted by molar-refractivity contribution is 0.199. The number of unbranched alkanes of at least 4 members (excludes halogenated alkanes) is 1. The fourth-order valence-electron chi connectivity index (χ4n) is 2.44. The molecular weight excluding hydrogens is 252 g/mol. The first-order valence-corrected chi connectivity index (χ1v) is 7.62. The maximum absolute atomic E-state index is 5.07. The van der Waals surface area contributed by atoms with Crippen LogP contribution in [0.25, 0.3) is 0 Å². The van der Waals surface area contributed by atoms with Gasteiger partial charge in [-0.05, 0) is 20.3 Å². The highest BCUT2D eigenvalue weighted by atomic mass is 16.5. The van der Waals surface area contributed by atoms with E-state index < -0.39 is 0 Å². The van der Waals surface area contributed by atoms with Crippen LogP contribution in [0.4, 0.5) is 5.82 Å². The second-order valence-electron chi connectivity index (χ2n) is 5.11. The van der Waals surface area contributed by atoms with Crippen molar-refractivity contribution in [2.24, 2.45) is 7.05 Å². The quantitative estimate of drug-likeness (QED) is 0.667. The number of anilines is 1. The molecule has 0 saturated carbocycles. The summed E-state index contributed by atoms with van der Waals surface area (Å²) in [7, 11) is 3.77. The Morgan fingerprint density at radius 3 is 2.70 bits per heavy atom. The number of aromatic nitrogens is 2. The first kappa shape index (κ1) is 17.0. The summed E-state index contributed by atoms with van der Waals surface area (Å²) < 4.78 is 7.09. The molecule has 1 heterocycles. The van der Waals surface area contributed by atoms with Gasteiger partial charge in [0.15, 0.2) is 0 Å². The predicted octanol–water partition coefficient (Wildman–Crippen LogP) is 2.09. The van der Waals surface area contributed by atoms with E-state index >= 15 is 0 Å². The van der Waals surface area contributed by atoms with Gasteiger partial charge in [0.05, 0.1) is 12.3 Å². The largest absolute Gasteiger partial charge is 0.383 e. The lowest BCUT2D eigenvalue weighted by Crippen LogP contribution is -2.28. The van der Waals surface area contributed by atoms with Crippen molar-refractivity contribution >= 4 is 5.82 Å². The molecule has 1 N–H and O–H groups in total. The Kier molecular flexibility index (Phi) is 7.62. The van der Waals surface area contributed by atoms with Crippen molar-refractivity contribution in [2.75, 3.05) is 38.3 Å². The summed E-state index contributed by atoms with van der Waals surface area (Å²) in [4.78, 5) is 2.43. The SMILES string of the molecule is CCCCN(CC)c1c(CNCCOC)c(C)nn1C. The molecule has 0 saturated heterocycles. The van der Waals surface area contributed by atoms with Crippen molar-refractivity contribution in [2.45, 2.75) is 40.2 Å².